The number of phenolic OH excluding ortho intramolecular Hbond substituents is 1. The Morgan fingerprint density at radius 2 is 2.25 bits per heavy atom. The number of phenols is 1. The summed E-state index contributed by atoms with van der Waals surface area (Å²) in [6, 6.07) is 8.25. The van der Waals surface area contributed by atoms with Crippen LogP contribution in [0.2, 0.25) is 0 Å². The zero-order valence-electron chi connectivity index (χ0n) is 9.37. The van der Waals surface area contributed by atoms with Gasteiger partial charge < -0.3 is 15.7 Å². The lowest BCUT2D eigenvalue weighted by Gasteiger charge is -2.22. The Hall–Kier alpha value is -1.06. The summed E-state index contributed by atoms with van der Waals surface area (Å²) in [5, 5.41) is 16.6. The quantitative estimate of drug-likeness (QED) is 0.717. The molecule has 1 saturated carbocycles. The average molecular weight is 218 g/mol. The van der Waals surface area contributed by atoms with E-state index in [4.69, 9.17) is 0 Å². The molecular formula is C13H18N2O. The Morgan fingerprint density at radius 1 is 1.38 bits per heavy atom. The van der Waals surface area contributed by atoms with Gasteiger partial charge in [0.25, 0.3) is 0 Å². The number of rotatable bonds is 3. The molecule has 3 heteroatoms. The Labute approximate surface area is 95.9 Å². The van der Waals surface area contributed by atoms with Crippen LogP contribution in [0.25, 0.3) is 0 Å². The van der Waals surface area contributed by atoms with Gasteiger partial charge in [0.15, 0.2) is 0 Å². The van der Waals surface area contributed by atoms with Crippen LogP contribution in [-0.2, 0) is 5.54 Å². The van der Waals surface area contributed by atoms with Gasteiger partial charge in [-0.1, -0.05) is 12.1 Å². The molecule has 1 heterocycles. The van der Waals surface area contributed by atoms with Gasteiger partial charge in [-0.2, -0.15) is 0 Å². The highest BCUT2D eigenvalue weighted by Crippen LogP contribution is 2.46. The number of aromatic hydroxyl groups is 1. The number of hydrogen-bond acceptors (Lipinski definition) is 3. The molecular weight excluding hydrogens is 200 g/mol. The number of nitrogens with one attached hydrogen (secondary N) is 2. The van der Waals surface area contributed by atoms with Crippen molar-refractivity contribution < 1.29 is 5.11 Å². The van der Waals surface area contributed by atoms with E-state index in [0.29, 0.717) is 11.8 Å². The van der Waals surface area contributed by atoms with Crippen molar-refractivity contribution in [2.24, 2.45) is 0 Å². The molecule has 1 atom stereocenters. The molecule has 3 nitrogen and oxygen atoms in total. The summed E-state index contributed by atoms with van der Waals surface area (Å²) < 4.78 is 0. The zero-order valence-corrected chi connectivity index (χ0v) is 9.37. The Balaban J connectivity index is 1.77. The van der Waals surface area contributed by atoms with Gasteiger partial charge in [0.2, 0.25) is 0 Å². The van der Waals surface area contributed by atoms with Crippen LogP contribution in [-0.4, -0.2) is 24.2 Å². The molecule has 1 aliphatic carbocycles. The van der Waals surface area contributed by atoms with Crippen LogP contribution >= 0.6 is 0 Å². The fourth-order valence-corrected chi connectivity index (χ4v) is 2.61. The lowest BCUT2D eigenvalue weighted by molar-refractivity contribution is 0.433. The normalized spacial score (nSPS) is 26.9. The molecule has 1 aliphatic heterocycles. The third kappa shape index (κ3) is 1.81. The molecule has 2 aliphatic rings. The molecule has 3 N–H and O–H groups in total. The van der Waals surface area contributed by atoms with E-state index in [2.05, 4.69) is 16.7 Å². The van der Waals surface area contributed by atoms with Crippen LogP contribution in [0, 0.1) is 0 Å². The average Bonchev–Trinajstić information content (AvgIpc) is 2.87. The summed E-state index contributed by atoms with van der Waals surface area (Å²) in [6.07, 6.45) is 3.58. The van der Waals surface area contributed by atoms with Gasteiger partial charge in [0.1, 0.15) is 5.75 Å². The van der Waals surface area contributed by atoms with Crippen LogP contribution in [0.5, 0.6) is 5.75 Å². The van der Waals surface area contributed by atoms with Crippen molar-refractivity contribution in [2.75, 3.05) is 13.1 Å². The molecule has 0 bridgehead atoms. The lowest BCUT2D eigenvalue weighted by atomic mass is 10.0. The Morgan fingerprint density at radius 3 is 2.88 bits per heavy atom. The minimum atomic E-state index is 0.148. The highest BCUT2D eigenvalue weighted by atomic mass is 16.3. The van der Waals surface area contributed by atoms with Gasteiger partial charge in [0, 0.05) is 18.1 Å². The van der Waals surface area contributed by atoms with Gasteiger partial charge in [0.05, 0.1) is 0 Å². The smallest absolute Gasteiger partial charge is 0.115 e. The highest BCUT2D eigenvalue weighted by molar-refractivity contribution is 5.36. The first kappa shape index (κ1) is 10.1. The molecule has 1 aromatic carbocycles. The van der Waals surface area contributed by atoms with Crippen molar-refractivity contribution in [3.63, 3.8) is 0 Å². The summed E-state index contributed by atoms with van der Waals surface area (Å²) in [6.45, 7) is 2.19. The maximum absolute atomic E-state index is 9.52. The van der Waals surface area contributed by atoms with Crippen molar-refractivity contribution in [1.82, 2.24) is 10.6 Å². The number of benzene rings is 1. The molecule has 16 heavy (non-hydrogen) atoms. The third-order valence-electron chi connectivity index (χ3n) is 3.69. The second-order valence-electron chi connectivity index (χ2n) is 4.97. The number of hydrogen-bond donors (Lipinski definition) is 3. The lowest BCUT2D eigenvalue weighted by Crippen LogP contribution is -2.39. The summed E-state index contributed by atoms with van der Waals surface area (Å²) in [5.41, 5.74) is 1.38. The maximum Gasteiger partial charge on any atom is 0.115 e. The molecule has 3 rings (SSSR count). The van der Waals surface area contributed by atoms with Crippen LogP contribution in [0.3, 0.4) is 0 Å². The molecule has 0 spiro atoms. The van der Waals surface area contributed by atoms with E-state index in [1.54, 1.807) is 6.07 Å². The summed E-state index contributed by atoms with van der Waals surface area (Å²) in [4.78, 5) is 0. The first-order valence-electron chi connectivity index (χ1n) is 6.06. The van der Waals surface area contributed by atoms with E-state index >= 15 is 0 Å². The van der Waals surface area contributed by atoms with Crippen molar-refractivity contribution >= 4 is 0 Å². The van der Waals surface area contributed by atoms with Crippen molar-refractivity contribution in [1.29, 1.82) is 0 Å². The summed E-state index contributed by atoms with van der Waals surface area (Å²) in [5.74, 6) is 0.370. The fourth-order valence-electron chi connectivity index (χ4n) is 2.61. The Bertz CT molecular complexity index is 381. The van der Waals surface area contributed by atoms with E-state index in [-0.39, 0.29) is 5.54 Å². The summed E-state index contributed by atoms with van der Waals surface area (Å²) >= 11 is 0. The second-order valence-corrected chi connectivity index (χ2v) is 4.97. The monoisotopic (exact) mass is 218 g/mol. The predicted octanol–water partition coefficient (Wildman–Crippen LogP) is 1.33. The second kappa shape index (κ2) is 3.75. The molecule has 2 fully saturated rings. The molecule has 1 saturated heterocycles. The largest absolute Gasteiger partial charge is 0.508 e. The predicted molar refractivity (Wildman–Crippen MR) is 63.4 cm³/mol. The third-order valence-corrected chi connectivity index (χ3v) is 3.69. The standard InChI is InChI=1S/C13H18N2O/c16-12-3-1-2-10(8-12)13(5-6-13)15-11-4-7-14-9-11/h1-3,8,11,14-16H,4-7,9H2. The highest BCUT2D eigenvalue weighted by Gasteiger charge is 2.45. The first-order chi connectivity index (χ1) is 7.78. The van der Waals surface area contributed by atoms with E-state index in [1.807, 2.05) is 12.1 Å². The van der Waals surface area contributed by atoms with E-state index in [1.165, 1.54) is 24.8 Å². The van der Waals surface area contributed by atoms with Crippen LogP contribution in [0.4, 0.5) is 0 Å². The van der Waals surface area contributed by atoms with Gasteiger partial charge in [-0.3, -0.25) is 0 Å². The summed E-state index contributed by atoms with van der Waals surface area (Å²) in [7, 11) is 0. The molecule has 0 amide bonds. The van der Waals surface area contributed by atoms with E-state index < -0.39 is 0 Å². The molecule has 86 valence electrons. The van der Waals surface area contributed by atoms with Crippen molar-refractivity contribution in [2.45, 2.75) is 30.8 Å². The topological polar surface area (TPSA) is 44.3 Å². The maximum atomic E-state index is 9.52. The van der Waals surface area contributed by atoms with Gasteiger partial charge in [-0.15, -0.1) is 0 Å². The molecule has 1 unspecified atom stereocenters. The first-order valence-corrected chi connectivity index (χ1v) is 6.06. The minimum Gasteiger partial charge on any atom is -0.508 e. The van der Waals surface area contributed by atoms with Crippen LogP contribution in [0.1, 0.15) is 24.8 Å². The van der Waals surface area contributed by atoms with E-state index in [0.717, 1.165) is 13.1 Å². The fraction of sp³-hybridized carbons (Fsp3) is 0.538. The zero-order chi connectivity index (χ0) is 11.0. The van der Waals surface area contributed by atoms with Crippen LogP contribution in [0.15, 0.2) is 24.3 Å². The van der Waals surface area contributed by atoms with Gasteiger partial charge in [-0.25, -0.2) is 0 Å². The SMILES string of the molecule is Oc1cccc(C2(NC3CCNC3)CC2)c1. The van der Waals surface area contributed by atoms with Crippen LogP contribution < -0.4 is 10.6 Å². The molecule has 0 radical (unpaired) electrons. The van der Waals surface area contributed by atoms with Gasteiger partial charge in [-0.05, 0) is 43.5 Å². The van der Waals surface area contributed by atoms with Crippen molar-refractivity contribution in [3.05, 3.63) is 29.8 Å². The Kier molecular flexibility index (Phi) is 2.37. The van der Waals surface area contributed by atoms with Crippen molar-refractivity contribution in [3.8, 4) is 5.75 Å². The van der Waals surface area contributed by atoms with E-state index in [9.17, 15) is 5.11 Å². The molecule has 0 aromatic heterocycles. The minimum absolute atomic E-state index is 0.148. The molecule has 1 aromatic rings. The van der Waals surface area contributed by atoms with Gasteiger partial charge >= 0.3 is 0 Å².